The molecule has 0 heterocycles. The van der Waals surface area contributed by atoms with Gasteiger partial charge in [0.2, 0.25) is 0 Å². The van der Waals surface area contributed by atoms with E-state index in [2.05, 4.69) is 4.31 Å². The fourth-order valence-electron chi connectivity index (χ4n) is 0.122. The van der Waals surface area contributed by atoms with Crippen LogP contribution in [0.2, 0.25) is 0 Å². The molecule has 0 aliphatic carbocycles. The summed E-state index contributed by atoms with van der Waals surface area (Å²) in [5, 5.41) is 0. The fraction of sp³-hybridized carbons (Fsp3) is 0. The Kier molecular flexibility index (Phi) is 193. The molecule has 0 unspecified atom stereocenters. The average molecular weight is 377 g/mol. The molecular formula is H20NaO17P2-3. The van der Waals surface area contributed by atoms with Gasteiger partial charge in [0.25, 0.3) is 0 Å². The molecule has 0 radical (unpaired) electrons. The third-order valence-electron chi connectivity index (χ3n) is 0.200. The van der Waals surface area contributed by atoms with Crippen molar-refractivity contribution >= 4 is 15.6 Å². The van der Waals surface area contributed by atoms with Gasteiger partial charge < -0.3 is 87.8 Å². The second-order valence-corrected chi connectivity index (χ2v) is 3.42. The predicted octanol–water partition coefficient (Wildman–Crippen LogP) is -14.6. The maximum Gasteiger partial charge on any atom is 1.00 e. The van der Waals surface area contributed by atoms with E-state index in [4.69, 9.17) is 0 Å². The van der Waals surface area contributed by atoms with Crippen molar-refractivity contribution in [3.8, 4) is 0 Å². The summed E-state index contributed by atoms with van der Waals surface area (Å²) >= 11 is 0. The average Bonchev–Trinajstić information content (AvgIpc) is 1.14. The van der Waals surface area contributed by atoms with E-state index in [1.165, 1.54) is 0 Å². The molecule has 0 spiro atoms. The maximum atomic E-state index is 9.32. The molecule has 0 fully saturated rings. The minimum absolute atomic E-state index is 0. The summed E-state index contributed by atoms with van der Waals surface area (Å²) in [6.07, 6.45) is 0. The van der Waals surface area contributed by atoms with Crippen LogP contribution in [0.5, 0.6) is 0 Å². The molecule has 0 aliphatic rings. The van der Waals surface area contributed by atoms with Crippen LogP contribution in [-0.2, 0) is 13.4 Å². The molecule has 20 heavy (non-hydrogen) atoms. The van der Waals surface area contributed by atoms with Gasteiger partial charge in [-0.25, -0.2) is 0 Å². The summed E-state index contributed by atoms with van der Waals surface area (Å²) in [5.74, 6) is 0. The zero-order valence-electron chi connectivity index (χ0n) is 9.75. The van der Waals surface area contributed by atoms with Crippen LogP contribution in [0.25, 0.3) is 0 Å². The molecule has 0 bridgehead atoms. The van der Waals surface area contributed by atoms with Gasteiger partial charge in [0, 0.05) is 0 Å². The first-order valence-corrected chi connectivity index (χ1v) is 4.38. The Hall–Kier alpha value is 0.860. The van der Waals surface area contributed by atoms with E-state index in [-0.39, 0.29) is 84.3 Å². The standard InChI is InChI=1S/Na.H4O7P2.10H2O/c;1-8(2,3)7-9(4,5)6;;;;;;;;;;/h;(H2,1,2,3)(H2,4,5,6);10*1H2/q+1;;;;;;;;;;;/p-4. The topological polar surface area (TPSA) is 451 Å². The van der Waals surface area contributed by atoms with Crippen LogP contribution in [0.1, 0.15) is 0 Å². The quantitative estimate of drug-likeness (QED) is 0.329. The molecule has 0 atom stereocenters. The third kappa shape index (κ3) is 128. The van der Waals surface area contributed by atoms with Crippen molar-refractivity contribution in [1.82, 2.24) is 0 Å². The molecule has 0 aliphatic heterocycles. The molecule has 0 rings (SSSR count). The van der Waals surface area contributed by atoms with Crippen LogP contribution in [0, 0.1) is 0 Å². The minimum atomic E-state index is -5.68. The SMILES string of the molecule is O.O.O.O.O.O.O.O.O.O.O=P([O-])([O-])OP(=O)([O-])[O-].[Na+]. The molecule has 0 saturated heterocycles. The Morgan fingerprint density at radius 2 is 0.600 bits per heavy atom. The summed E-state index contributed by atoms with van der Waals surface area (Å²) in [5.41, 5.74) is 0. The Morgan fingerprint density at radius 3 is 0.600 bits per heavy atom. The van der Waals surface area contributed by atoms with Gasteiger partial charge in [-0.1, -0.05) is 0 Å². The Balaban J connectivity index is -0.00000000582. The smallest absolute Gasteiger partial charge is 0.790 e. The van der Waals surface area contributed by atoms with Crippen molar-refractivity contribution in [3.63, 3.8) is 0 Å². The monoisotopic (exact) mass is 377 g/mol. The molecular weight excluding hydrogens is 357 g/mol. The van der Waals surface area contributed by atoms with Crippen molar-refractivity contribution in [2.24, 2.45) is 0 Å². The number of phosphoric acid groups is 2. The Labute approximate surface area is 133 Å². The molecule has 136 valence electrons. The van der Waals surface area contributed by atoms with E-state index in [1.54, 1.807) is 0 Å². The fourth-order valence-corrected chi connectivity index (χ4v) is 1.10. The van der Waals surface area contributed by atoms with Crippen LogP contribution in [0.15, 0.2) is 0 Å². The zero-order valence-corrected chi connectivity index (χ0v) is 13.5. The van der Waals surface area contributed by atoms with Gasteiger partial charge in [-0.3, -0.25) is 0 Å². The summed E-state index contributed by atoms with van der Waals surface area (Å²) in [7, 11) is -11.4. The molecule has 0 aromatic rings. The van der Waals surface area contributed by atoms with Gasteiger partial charge in [0.05, 0.1) is 15.6 Å². The van der Waals surface area contributed by atoms with Crippen LogP contribution in [-0.4, -0.2) is 54.8 Å². The van der Waals surface area contributed by atoms with Crippen molar-refractivity contribution in [3.05, 3.63) is 0 Å². The van der Waals surface area contributed by atoms with E-state index in [1.807, 2.05) is 0 Å². The predicted molar refractivity (Wildman–Crippen MR) is 52.4 cm³/mol. The molecule has 20 N–H and O–H groups in total. The van der Waals surface area contributed by atoms with E-state index in [0.29, 0.717) is 0 Å². The van der Waals surface area contributed by atoms with Gasteiger partial charge in [-0.15, -0.1) is 0 Å². The molecule has 0 aromatic heterocycles. The van der Waals surface area contributed by atoms with E-state index in [9.17, 15) is 28.7 Å². The molecule has 20 heteroatoms. The van der Waals surface area contributed by atoms with Gasteiger partial charge in [-0.05, 0) is 0 Å². The normalized spacial score (nSPS) is 6.20. The van der Waals surface area contributed by atoms with Crippen LogP contribution in [0.4, 0.5) is 0 Å². The first kappa shape index (κ1) is 105. The Bertz CT molecular complexity index is 155. The van der Waals surface area contributed by atoms with Crippen LogP contribution in [0.3, 0.4) is 0 Å². The van der Waals surface area contributed by atoms with Gasteiger partial charge in [0.1, 0.15) is 0 Å². The van der Waals surface area contributed by atoms with Crippen molar-refractivity contribution in [1.29, 1.82) is 0 Å². The van der Waals surface area contributed by atoms with Gasteiger partial charge >= 0.3 is 29.6 Å². The van der Waals surface area contributed by atoms with Crippen molar-refractivity contribution in [2.45, 2.75) is 0 Å². The largest absolute Gasteiger partial charge is 1.00 e. The number of rotatable bonds is 2. The van der Waals surface area contributed by atoms with Crippen LogP contribution < -0.4 is 49.1 Å². The van der Waals surface area contributed by atoms with Gasteiger partial charge in [-0.2, -0.15) is 0 Å². The maximum absolute atomic E-state index is 9.32. The second-order valence-electron chi connectivity index (χ2n) is 0.976. The summed E-state index contributed by atoms with van der Waals surface area (Å²) in [4.78, 5) is 37.3. The van der Waals surface area contributed by atoms with Crippen molar-refractivity contribution < 1.29 is 117 Å². The molecule has 0 saturated carbocycles. The van der Waals surface area contributed by atoms with Crippen molar-refractivity contribution in [2.75, 3.05) is 0 Å². The summed E-state index contributed by atoms with van der Waals surface area (Å²) in [6, 6.07) is 0. The van der Waals surface area contributed by atoms with E-state index < -0.39 is 15.6 Å². The number of hydrogen-bond acceptors (Lipinski definition) is 7. The van der Waals surface area contributed by atoms with Crippen LogP contribution >= 0.6 is 15.6 Å². The zero-order chi connectivity index (χ0) is 7.71. The molecule has 0 aromatic carbocycles. The van der Waals surface area contributed by atoms with Gasteiger partial charge in [0.15, 0.2) is 0 Å². The first-order valence-electron chi connectivity index (χ1n) is 1.46. The minimum Gasteiger partial charge on any atom is -0.790 e. The summed E-state index contributed by atoms with van der Waals surface area (Å²) < 4.78 is 21.2. The third-order valence-corrected chi connectivity index (χ3v) is 1.80. The van der Waals surface area contributed by atoms with E-state index in [0.717, 1.165) is 0 Å². The Morgan fingerprint density at radius 1 is 0.500 bits per heavy atom. The number of hydrogen-bond donors (Lipinski definition) is 0. The summed E-state index contributed by atoms with van der Waals surface area (Å²) in [6.45, 7) is 0. The van der Waals surface area contributed by atoms with E-state index >= 15 is 0 Å². The second kappa shape index (κ2) is 36.8. The first-order chi connectivity index (χ1) is 3.71. The molecule has 0 amide bonds. The molecule has 17 nitrogen and oxygen atoms in total.